The fourth-order valence-corrected chi connectivity index (χ4v) is 5.23. The van der Waals surface area contributed by atoms with E-state index in [9.17, 15) is 4.79 Å². The van der Waals surface area contributed by atoms with Gasteiger partial charge in [0.25, 0.3) is 5.91 Å². The molecule has 1 N–H and O–H groups in total. The quantitative estimate of drug-likeness (QED) is 0.825. The number of fused-ring (bicyclic) bond motifs is 1. The third-order valence-electron chi connectivity index (χ3n) is 7.15. The first-order chi connectivity index (χ1) is 14.0. The van der Waals surface area contributed by atoms with Crippen LogP contribution in [0.1, 0.15) is 60.7 Å². The molecule has 1 aromatic carbocycles. The van der Waals surface area contributed by atoms with Crippen LogP contribution >= 0.6 is 0 Å². The van der Waals surface area contributed by atoms with Gasteiger partial charge in [-0.1, -0.05) is 38.3 Å². The monoisotopic (exact) mass is 397 g/mol. The molecule has 0 atom stereocenters. The van der Waals surface area contributed by atoms with Gasteiger partial charge in [0.1, 0.15) is 5.58 Å². The third-order valence-corrected chi connectivity index (χ3v) is 7.15. The number of likely N-dealkylation sites (N-methyl/N-ethyl adjacent to an activating group) is 1. The average molecular weight is 398 g/mol. The van der Waals surface area contributed by atoms with E-state index in [1.807, 2.05) is 19.9 Å². The van der Waals surface area contributed by atoms with Crippen LogP contribution in [0.2, 0.25) is 0 Å². The topological polar surface area (TPSA) is 48.7 Å². The summed E-state index contributed by atoms with van der Waals surface area (Å²) < 4.78 is 5.96. The smallest absolute Gasteiger partial charge is 0.287 e. The molecule has 29 heavy (non-hydrogen) atoms. The lowest BCUT2D eigenvalue weighted by Crippen LogP contribution is -2.61. The summed E-state index contributed by atoms with van der Waals surface area (Å²) in [5, 5.41) is 4.29. The van der Waals surface area contributed by atoms with E-state index in [4.69, 9.17) is 4.42 Å². The van der Waals surface area contributed by atoms with Crippen LogP contribution < -0.4 is 5.32 Å². The molecule has 158 valence electrons. The lowest BCUT2D eigenvalue weighted by molar-refractivity contribution is 0.00907. The molecule has 1 aliphatic carbocycles. The first-order valence-corrected chi connectivity index (χ1v) is 11.3. The van der Waals surface area contributed by atoms with E-state index in [1.165, 1.54) is 32.1 Å². The molecule has 0 unspecified atom stereocenters. The molecule has 2 aliphatic rings. The van der Waals surface area contributed by atoms with E-state index >= 15 is 0 Å². The summed E-state index contributed by atoms with van der Waals surface area (Å²) in [6, 6.07) is 6.13. The number of amides is 1. The summed E-state index contributed by atoms with van der Waals surface area (Å²) in [7, 11) is 0. The Morgan fingerprint density at radius 1 is 1.10 bits per heavy atom. The second-order valence-corrected chi connectivity index (χ2v) is 8.94. The maximum absolute atomic E-state index is 13.1. The Balaban J connectivity index is 1.49. The Kier molecular flexibility index (Phi) is 5.98. The zero-order valence-corrected chi connectivity index (χ0v) is 18.2. The van der Waals surface area contributed by atoms with Crippen molar-refractivity contribution in [1.82, 2.24) is 15.1 Å². The molecule has 1 aliphatic heterocycles. The number of nitrogens with one attached hydrogen (secondary N) is 1. The van der Waals surface area contributed by atoms with Gasteiger partial charge in [0.2, 0.25) is 0 Å². The summed E-state index contributed by atoms with van der Waals surface area (Å²) in [6.45, 7) is 12.6. The van der Waals surface area contributed by atoms with E-state index in [1.54, 1.807) is 0 Å². The van der Waals surface area contributed by atoms with Gasteiger partial charge in [0.15, 0.2) is 5.76 Å². The average Bonchev–Trinajstić information content (AvgIpc) is 3.08. The van der Waals surface area contributed by atoms with E-state index in [0.29, 0.717) is 12.3 Å². The third kappa shape index (κ3) is 4.08. The Morgan fingerprint density at radius 2 is 1.83 bits per heavy atom. The van der Waals surface area contributed by atoms with Crippen LogP contribution in [-0.2, 0) is 0 Å². The van der Waals surface area contributed by atoms with Gasteiger partial charge in [-0.05, 0) is 44.9 Å². The highest BCUT2D eigenvalue weighted by Crippen LogP contribution is 2.34. The van der Waals surface area contributed by atoms with Gasteiger partial charge in [0.05, 0.1) is 0 Å². The van der Waals surface area contributed by atoms with E-state index < -0.39 is 0 Å². The number of carbonyl (C=O) groups is 1. The van der Waals surface area contributed by atoms with Crippen LogP contribution in [0.4, 0.5) is 0 Å². The maximum atomic E-state index is 13.1. The molecule has 1 saturated carbocycles. The van der Waals surface area contributed by atoms with Crippen LogP contribution in [0.15, 0.2) is 22.6 Å². The van der Waals surface area contributed by atoms with E-state index in [-0.39, 0.29) is 11.4 Å². The van der Waals surface area contributed by atoms with Gasteiger partial charge in [-0.2, -0.15) is 0 Å². The summed E-state index contributed by atoms with van der Waals surface area (Å²) >= 11 is 0. The van der Waals surface area contributed by atoms with Crippen molar-refractivity contribution in [2.75, 3.05) is 39.3 Å². The standard InChI is InChI=1S/C24H35N3O2/c1-4-26-12-14-27(15-13-26)24(10-6-5-7-11-24)17-25-23(28)22-19(3)20-9-8-18(2)16-21(20)29-22/h8-9,16H,4-7,10-15,17H2,1-3H3,(H,25,28). The Bertz CT molecular complexity index is 858. The van der Waals surface area contributed by atoms with E-state index in [0.717, 1.165) is 54.8 Å². The van der Waals surface area contributed by atoms with Crippen molar-refractivity contribution in [3.05, 3.63) is 35.1 Å². The predicted molar refractivity (Wildman–Crippen MR) is 118 cm³/mol. The highest BCUT2D eigenvalue weighted by Gasteiger charge is 2.39. The molecular weight excluding hydrogens is 362 g/mol. The molecule has 5 nitrogen and oxygen atoms in total. The number of aryl methyl sites for hydroxylation is 2. The van der Waals surface area contributed by atoms with Crippen LogP contribution in [0.5, 0.6) is 0 Å². The normalized spacial score (nSPS) is 20.8. The van der Waals surface area contributed by atoms with Gasteiger partial charge in [0, 0.05) is 49.2 Å². The largest absolute Gasteiger partial charge is 0.451 e. The number of hydrogen-bond acceptors (Lipinski definition) is 4. The van der Waals surface area contributed by atoms with Crippen molar-refractivity contribution in [3.8, 4) is 0 Å². The molecule has 2 fully saturated rings. The fourth-order valence-electron chi connectivity index (χ4n) is 5.23. The number of piperazine rings is 1. The minimum absolute atomic E-state index is 0.0755. The van der Waals surface area contributed by atoms with Crippen molar-refractivity contribution in [2.45, 2.75) is 58.4 Å². The number of benzene rings is 1. The first kappa shape index (κ1) is 20.4. The summed E-state index contributed by atoms with van der Waals surface area (Å²) in [4.78, 5) is 18.2. The van der Waals surface area contributed by atoms with Crippen molar-refractivity contribution >= 4 is 16.9 Å². The van der Waals surface area contributed by atoms with Gasteiger partial charge in [-0.15, -0.1) is 0 Å². The SMILES string of the molecule is CCN1CCN(C2(CNC(=O)c3oc4cc(C)ccc4c3C)CCCCC2)CC1. The van der Waals surface area contributed by atoms with E-state index in [2.05, 4.69) is 34.2 Å². The van der Waals surface area contributed by atoms with Crippen molar-refractivity contribution in [3.63, 3.8) is 0 Å². The number of hydrogen-bond donors (Lipinski definition) is 1. The molecule has 2 heterocycles. The molecule has 4 rings (SSSR count). The van der Waals surface area contributed by atoms with Gasteiger partial charge in [-0.3, -0.25) is 9.69 Å². The molecule has 1 saturated heterocycles. The Labute approximate surface area is 174 Å². The molecule has 0 bridgehead atoms. The van der Waals surface area contributed by atoms with Gasteiger partial charge >= 0.3 is 0 Å². The second-order valence-electron chi connectivity index (χ2n) is 8.94. The predicted octanol–water partition coefficient (Wildman–Crippen LogP) is 4.12. The number of rotatable bonds is 5. The van der Waals surface area contributed by atoms with Crippen LogP contribution in [0, 0.1) is 13.8 Å². The zero-order chi connectivity index (χ0) is 20.4. The Hall–Kier alpha value is -1.85. The lowest BCUT2D eigenvalue weighted by atomic mass is 9.79. The van der Waals surface area contributed by atoms with Crippen LogP contribution in [0.3, 0.4) is 0 Å². The molecule has 2 aromatic rings. The van der Waals surface area contributed by atoms with Crippen LogP contribution in [-0.4, -0.2) is 60.5 Å². The summed E-state index contributed by atoms with van der Waals surface area (Å²) in [6.07, 6.45) is 6.18. The highest BCUT2D eigenvalue weighted by atomic mass is 16.3. The molecule has 0 spiro atoms. The fraction of sp³-hybridized carbons (Fsp3) is 0.625. The maximum Gasteiger partial charge on any atom is 0.287 e. The lowest BCUT2D eigenvalue weighted by Gasteiger charge is -2.50. The second kappa shape index (κ2) is 8.49. The molecule has 0 radical (unpaired) electrons. The number of carbonyl (C=O) groups excluding carboxylic acids is 1. The van der Waals surface area contributed by atoms with Crippen molar-refractivity contribution in [1.29, 1.82) is 0 Å². The minimum Gasteiger partial charge on any atom is -0.451 e. The number of furan rings is 1. The zero-order valence-electron chi connectivity index (χ0n) is 18.2. The highest BCUT2D eigenvalue weighted by molar-refractivity contribution is 5.99. The summed E-state index contributed by atoms with van der Waals surface area (Å²) in [5.74, 6) is 0.390. The van der Waals surface area contributed by atoms with Gasteiger partial charge < -0.3 is 14.6 Å². The first-order valence-electron chi connectivity index (χ1n) is 11.3. The Morgan fingerprint density at radius 3 is 2.52 bits per heavy atom. The molecular formula is C24H35N3O2. The van der Waals surface area contributed by atoms with Crippen molar-refractivity contribution in [2.24, 2.45) is 0 Å². The minimum atomic E-state index is -0.0755. The molecule has 1 aromatic heterocycles. The molecule has 1 amide bonds. The van der Waals surface area contributed by atoms with Gasteiger partial charge in [-0.25, -0.2) is 0 Å². The number of nitrogens with zero attached hydrogens (tertiary/aromatic N) is 2. The van der Waals surface area contributed by atoms with Crippen LogP contribution in [0.25, 0.3) is 11.0 Å². The van der Waals surface area contributed by atoms with Crippen molar-refractivity contribution < 1.29 is 9.21 Å². The summed E-state index contributed by atoms with van der Waals surface area (Å²) in [5.41, 5.74) is 2.98. The molecule has 5 heteroatoms.